The fourth-order valence-corrected chi connectivity index (χ4v) is 4.40. The molecule has 0 spiro atoms. The van der Waals surface area contributed by atoms with Gasteiger partial charge in [0.1, 0.15) is 18.4 Å². The third-order valence-corrected chi connectivity index (χ3v) is 6.66. The first-order valence-electron chi connectivity index (χ1n) is 13.0. The summed E-state index contributed by atoms with van der Waals surface area (Å²) in [7, 11) is 0. The summed E-state index contributed by atoms with van der Waals surface area (Å²) in [4.78, 5) is 52.3. The van der Waals surface area contributed by atoms with E-state index >= 15 is 0 Å². The highest BCUT2D eigenvalue weighted by Gasteiger charge is 2.43. The van der Waals surface area contributed by atoms with Gasteiger partial charge in [0.05, 0.1) is 18.8 Å². The van der Waals surface area contributed by atoms with Crippen molar-refractivity contribution in [1.82, 2.24) is 15.5 Å². The summed E-state index contributed by atoms with van der Waals surface area (Å²) in [6.07, 6.45) is -1.08. The van der Waals surface area contributed by atoms with Crippen LogP contribution in [0.3, 0.4) is 0 Å². The quantitative estimate of drug-likeness (QED) is 0.415. The number of rotatable bonds is 12. The lowest BCUT2D eigenvalue weighted by molar-refractivity contribution is -0.143. The number of amides is 3. The van der Waals surface area contributed by atoms with Crippen molar-refractivity contribution in [3.05, 3.63) is 71.8 Å². The maximum Gasteiger partial charge on any atom is 0.259 e. The van der Waals surface area contributed by atoms with Crippen molar-refractivity contribution in [3.8, 4) is 0 Å². The number of benzene rings is 2. The van der Waals surface area contributed by atoms with Gasteiger partial charge in [-0.15, -0.1) is 0 Å². The summed E-state index contributed by atoms with van der Waals surface area (Å²) in [5.74, 6) is -2.27. The maximum absolute atomic E-state index is 14.9. The minimum atomic E-state index is -1.94. The molecule has 1 unspecified atom stereocenters. The molecule has 2 aromatic rings. The SMILES string of the molecule is CC[C@@H](C=O)NC(=O)[C@@H]1C[C@@H](OCc2ccccc2)CN1C(=O)[C@@H](NC(=O)C(F)c1ccccc1)C(C)C. The van der Waals surface area contributed by atoms with Crippen molar-refractivity contribution >= 4 is 24.0 Å². The van der Waals surface area contributed by atoms with Crippen molar-refractivity contribution in [1.29, 1.82) is 0 Å². The molecule has 0 radical (unpaired) electrons. The molecule has 38 heavy (non-hydrogen) atoms. The second kappa shape index (κ2) is 13.8. The van der Waals surface area contributed by atoms with Crippen LogP contribution >= 0.6 is 0 Å². The number of hydrogen-bond donors (Lipinski definition) is 2. The molecule has 9 heteroatoms. The van der Waals surface area contributed by atoms with E-state index in [2.05, 4.69) is 10.6 Å². The van der Waals surface area contributed by atoms with Gasteiger partial charge in [-0.25, -0.2) is 4.39 Å². The van der Waals surface area contributed by atoms with E-state index in [1.807, 2.05) is 30.3 Å². The average Bonchev–Trinajstić information content (AvgIpc) is 3.38. The van der Waals surface area contributed by atoms with E-state index < -0.39 is 48.1 Å². The van der Waals surface area contributed by atoms with Crippen LogP contribution < -0.4 is 10.6 Å². The number of aldehydes is 1. The Kier molecular flexibility index (Phi) is 10.5. The van der Waals surface area contributed by atoms with Gasteiger partial charge in [0.15, 0.2) is 0 Å². The van der Waals surface area contributed by atoms with E-state index in [0.717, 1.165) is 5.56 Å². The number of ether oxygens (including phenoxy) is 1. The first-order chi connectivity index (χ1) is 18.2. The van der Waals surface area contributed by atoms with Crippen LogP contribution in [0.5, 0.6) is 0 Å². The maximum atomic E-state index is 14.9. The molecule has 2 aromatic carbocycles. The molecule has 3 rings (SSSR count). The van der Waals surface area contributed by atoms with Crippen LogP contribution in [-0.4, -0.2) is 59.7 Å². The van der Waals surface area contributed by atoms with Crippen molar-refractivity contribution in [2.45, 2.75) is 70.6 Å². The average molecular weight is 526 g/mol. The third kappa shape index (κ3) is 7.47. The van der Waals surface area contributed by atoms with E-state index in [1.165, 1.54) is 17.0 Å². The topological polar surface area (TPSA) is 105 Å². The number of nitrogens with one attached hydrogen (secondary N) is 2. The number of halogens is 1. The Hall–Kier alpha value is -3.59. The Labute approximate surface area is 222 Å². The molecule has 204 valence electrons. The third-order valence-electron chi connectivity index (χ3n) is 6.66. The number of likely N-dealkylation sites (tertiary alicyclic amines) is 1. The van der Waals surface area contributed by atoms with Crippen LogP contribution in [0.25, 0.3) is 0 Å². The molecule has 1 aliphatic rings. The summed E-state index contributed by atoms with van der Waals surface area (Å²) in [6.45, 7) is 5.68. The summed E-state index contributed by atoms with van der Waals surface area (Å²) < 4.78 is 20.9. The molecule has 1 saturated heterocycles. The Morgan fingerprint density at radius 1 is 1.05 bits per heavy atom. The number of hydrogen-bond acceptors (Lipinski definition) is 5. The normalized spacial score (nSPS) is 19.4. The molecule has 0 aromatic heterocycles. The molecule has 1 fully saturated rings. The van der Waals surface area contributed by atoms with E-state index in [9.17, 15) is 23.6 Å². The van der Waals surface area contributed by atoms with Gasteiger partial charge >= 0.3 is 0 Å². The molecule has 0 bridgehead atoms. The first kappa shape index (κ1) is 29.0. The van der Waals surface area contributed by atoms with Crippen molar-refractivity contribution in [2.24, 2.45) is 5.92 Å². The van der Waals surface area contributed by atoms with E-state index in [1.54, 1.807) is 39.0 Å². The van der Waals surface area contributed by atoms with Crippen LogP contribution in [0.4, 0.5) is 4.39 Å². The van der Waals surface area contributed by atoms with Gasteiger partial charge < -0.3 is 25.1 Å². The molecular weight excluding hydrogens is 489 g/mol. The molecule has 5 atom stereocenters. The van der Waals surface area contributed by atoms with Crippen LogP contribution in [0.15, 0.2) is 60.7 Å². The minimum absolute atomic E-state index is 0.123. The van der Waals surface area contributed by atoms with Gasteiger partial charge in [-0.3, -0.25) is 14.4 Å². The molecule has 1 aliphatic heterocycles. The highest BCUT2D eigenvalue weighted by Crippen LogP contribution is 2.25. The Balaban J connectivity index is 1.77. The zero-order chi connectivity index (χ0) is 27.7. The number of carbonyl (C=O) groups excluding carboxylic acids is 4. The highest BCUT2D eigenvalue weighted by molar-refractivity contribution is 5.94. The lowest BCUT2D eigenvalue weighted by Gasteiger charge is -2.31. The first-order valence-corrected chi connectivity index (χ1v) is 13.0. The molecular formula is C29H36FN3O5. The Morgan fingerprint density at radius 2 is 1.68 bits per heavy atom. The van der Waals surface area contributed by atoms with Gasteiger partial charge in [0, 0.05) is 13.0 Å². The lowest BCUT2D eigenvalue weighted by Crippen LogP contribution is -2.56. The van der Waals surface area contributed by atoms with Gasteiger partial charge in [0.2, 0.25) is 18.0 Å². The molecule has 1 heterocycles. The number of carbonyl (C=O) groups is 4. The van der Waals surface area contributed by atoms with Crippen LogP contribution in [0.1, 0.15) is 50.9 Å². The lowest BCUT2D eigenvalue weighted by atomic mass is 10.0. The van der Waals surface area contributed by atoms with Gasteiger partial charge in [0.25, 0.3) is 5.91 Å². The highest BCUT2D eigenvalue weighted by atomic mass is 19.1. The second-order valence-electron chi connectivity index (χ2n) is 9.82. The van der Waals surface area contributed by atoms with Gasteiger partial charge in [-0.1, -0.05) is 81.4 Å². The fourth-order valence-electron chi connectivity index (χ4n) is 4.40. The van der Waals surface area contributed by atoms with E-state index in [0.29, 0.717) is 19.3 Å². The van der Waals surface area contributed by atoms with Gasteiger partial charge in [-0.05, 0) is 23.5 Å². The molecule has 0 saturated carbocycles. The fraction of sp³-hybridized carbons (Fsp3) is 0.448. The molecule has 2 N–H and O–H groups in total. The number of nitrogens with zero attached hydrogens (tertiary/aromatic N) is 1. The van der Waals surface area contributed by atoms with Crippen molar-refractivity contribution in [3.63, 3.8) is 0 Å². The minimum Gasteiger partial charge on any atom is -0.372 e. The van der Waals surface area contributed by atoms with E-state index in [4.69, 9.17) is 4.74 Å². The summed E-state index contributed by atoms with van der Waals surface area (Å²) >= 11 is 0. The van der Waals surface area contributed by atoms with Crippen molar-refractivity contribution < 1.29 is 28.3 Å². The predicted octanol–water partition coefficient (Wildman–Crippen LogP) is 3.12. The van der Waals surface area contributed by atoms with Crippen molar-refractivity contribution in [2.75, 3.05) is 6.54 Å². The van der Waals surface area contributed by atoms with Crippen LogP contribution in [0, 0.1) is 5.92 Å². The summed E-state index contributed by atoms with van der Waals surface area (Å²) in [5, 5.41) is 5.24. The van der Waals surface area contributed by atoms with Gasteiger partial charge in [-0.2, -0.15) is 0 Å². The Bertz CT molecular complexity index is 1080. The molecule has 3 amide bonds. The number of alkyl halides is 1. The summed E-state index contributed by atoms with van der Waals surface area (Å²) in [5.41, 5.74) is 1.14. The summed E-state index contributed by atoms with van der Waals surface area (Å²) in [6, 6.07) is 14.9. The second-order valence-corrected chi connectivity index (χ2v) is 9.82. The molecule has 8 nitrogen and oxygen atoms in total. The predicted molar refractivity (Wildman–Crippen MR) is 140 cm³/mol. The van der Waals surface area contributed by atoms with Crippen LogP contribution in [0.2, 0.25) is 0 Å². The largest absolute Gasteiger partial charge is 0.372 e. The molecule has 0 aliphatic carbocycles. The standard InChI is InChI=1S/C29H36FN3O5/c1-4-22(17-34)31-27(35)24-15-23(38-18-20-11-7-5-8-12-20)16-33(24)29(37)26(19(2)3)32-28(36)25(30)21-13-9-6-10-14-21/h5-14,17,19,22-26H,4,15-16,18H2,1-3H3,(H,31,35)(H,32,36)/t22-,23+,24-,25?,26-/m0/s1. The zero-order valence-electron chi connectivity index (χ0n) is 22.0. The Morgan fingerprint density at radius 3 is 2.26 bits per heavy atom. The van der Waals surface area contributed by atoms with E-state index in [-0.39, 0.29) is 24.4 Å². The van der Waals surface area contributed by atoms with Crippen LogP contribution in [-0.2, 0) is 30.5 Å². The zero-order valence-corrected chi connectivity index (χ0v) is 22.0. The monoisotopic (exact) mass is 525 g/mol. The smallest absolute Gasteiger partial charge is 0.259 e.